The molecule has 0 bridgehead atoms. The minimum absolute atomic E-state index is 0.0320. The van der Waals surface area contributed by atoms with E-state index in [9.17, 15) is 9.59 Å². The fourth-order valence-corrected chi connectivity index (χ4v) is 4.84. The molecule has 0 saturated carbocycles. The van der Waals surface area contributed by atoms with E-state index in [0.717, 1.165) is 26.2 Å². The molecule has 0 spiro atoms. The summed E-state index contributed by atoms with van der Waals surface area (Å²) in [6.45, 7) is 4.07. The van der Waals surface area contributed by atoms with Crippen LogP contribution in [-0.4, -0.2) is 29.3 Å². The number of carbonyl (C=O) groups excluding carboxylic acids is 2. The average Bonchev–Trinajstić information content (AvgIpc) is 3.00. The van der Waals surface area contributed by atoms with Gasteiger partial charge in [0.05, 0.1) is 17.3 Å². The first-order valence-electron chi connectivity index (χ1n) is 8.90. The van der Waals surface area contributed by atoms with Crippen molar-refractivity contribution in [2.45, 2.75) is 31.7 Å². The molecule has 1 amide bonds. The molecular formula is C21H22N2O3S2. The van der Waals surface area contributed by atoms with Crippen LogP contribution in [0.15, 0.2) is 52.4 Å². The van der Waals surface area contributed by atoms with Crippen molar-refractivity contribution in [2.24, 2.45) is 4.99 Å². The fraction of sp³-hybridized carbons (Fsp3) is 0.286. The molecule has 0 aliphatic rings. The van der Waals surface area contributed by atoms with Gasteiger partial charge in [0.1, 0.15) is 6.54 Å². The second-order valence-corrected chi connectivity index (χ2v) is 8.54. The third-order valence-electron chi connectivity index (χ3n) is 4.18. The van der Waals surface area contributed by atoms with E-state index in [1.807, 2.05) is 50.2 Å². The van der Waals surface area contributed by atoms with Crippen LogP contribution in [-0.2, 0) is 20.9 Å². The second-order valence-electron chi connectivity index (χ2n) is 6.39. The quantitative estimate of drug-likeness (QED) is 0.450. The fourth-order valence-electron chi connectivity index (χ4n) is 2.88. The zero-order valence-electron chi connectivity index (χ0n) is 16.1. The van der Waals surface area contributed by atoms with E-state index in [-0.39, 0.29) is 18.4 Å². The molecule has 0 radical (unpaired) electrons. The van der Waals surface area contributed by atoms with E-state index in [2.05, 4.69) is 11.1 Å². The molecule has 0 fully saturated rings. The number of hydrogen-bond donors (Lipinski definition) is 0. The Morgan fingerprint density at radius 3 is 2.64 bits per heavy atom. The van der Waals surface area contributed by atoms with Crippen LogP contribution in [0, 0.1) is 13.8 Å². The summed E-state index contributed by atoms with van der Waals surface area (Å²) in [7, 11) is 1.36. The minimum atomic E-state index is -0.368. The standard InChI is InChI=1S/C21H22N2O3S2/c1-14-11-15(2)20-17(12-14)23(13-19(25)26-3)21(28-20)22-18(24)9-10-27-16-7-5-4-6-8-16/h4-8,11-12H,9-10,13H2,1-3H3. The Bertz CT molecular complexity index is 1070. The van der Waals surface area contributed by atoms with E-state index < -0.39 is 0 Å². The van der Waals surface area contributed by atoms with E-state index in [1.165, 1.54) is 18.4 Å². The summed E-state index contributed by atoms with van der Waals surface area (Å²) in [6, 6.07) is 14.1. The highest BCUT2D eigenvalue weighted by atomic mass is 32.2. The smallest absolute Gasteiger partial charge is 0.325 e. The molecule has 5 nitrogen and oxygen atoms in total. The lowest BCUT2D eigenvalue weighted by molar-refractivity contribution is -0.141. The topological polar surface area (TPSA) is 60.7 Å². The normalized spacial score (nSPS) is 11.8. The molecular weight excluding hydrogens is 392 g/mol. The molecule has 0 N–H and O–H groups in total. The number of carbonyl (C=O) groups is 2. The Balaban J connectivity index is 1.87. The van der Waals surface area contributed by atoms with Crippen molar-refractivity contribution in [3.63, 3.8) is 0 Å². The summed E-state index contributed by atoms with van der Waals surface area (Å²) in [5.41, 5.74) is 3.10. The predicted octanol–water partition coefficient (Wildman–Crippen LogP) is 4.10. The SMILES string of the molecule is COC(=O)Cn1c(=NC(=O)CCSc2ccccc2)sc2c(C)cc(C)cc21. The lowest BCUT2D eigenvalue weighted by atomic mass is 10.1. The number of amides is 1. The van der Waals surface area contributed by atoms with Crippen LogP contribution in [0.3, 0.4) is 0 Å². The number of nitrogens with zero attached hydrogens (tertiary/aromatic N) is 2. The molecule has 2 aromatic carbocycles. The van der Waals surface area contributed by atoms with Crippen molar-refractivity contribution < 1.29 is 14.3 Å². The molecule has 3 rings (SSSR count). The van der Waals surface area contributed by atoms with E-state index >= 15 is 0 Å². The number of methoxy groups -OCH3 is 1. The lowest BCUT2D eigenvalue weighted by Gasteiger charge is -2.05. The van der Waals surface area contributed by atoms with E-state index in [1.54, 1.807) is 16.3 Å². The molecule has 7 heteroatoms. The van der Waals surface area contributed by atoms with Crippen LogP contribution >= 0.6 is 23.1 Å². The molecule has 28 heavy (non-hydrogen) atoms. The third-order valence-corrected chi connectivity index (χ3v) is 6.42. The van der Waals surface area contributed by atoms with Crippen molar-refractivity contribution in [2.75, 3.05) is 12.9 Å². The first-order chi connectivity index (χ1) is 13.5. The second kappa shape index (κ2) is 9.21. The molecule has 0 unspecified atom stereocenters. The Hall–Kier alpha value is -2.38. The number of thiazole rings is 1. The van der Waals surface area contributed by atoms with Crippen molar-refractivity contribution in [3.05, 3.63) is 58.4 Å². The molecule has 3 aromatic rings. The van der Waals surface area contributed by atoms with Gasteiger partial charge in [0.2, 0.25) is 5.91 Å². The van der Waals surface area contributed by atoms with Crippen molar-refractivity contribution in [1.29, 1.82) is 0 Å². The third kappa shape index (κ3) is 4.91. The predicted molar refractivity (Wildman–Crippen MR) is 114 cm³/mol. The zero-order chi connectivity index (χ0) is 20.1. The largest absolute Gasteiger partial charge is 0.468 e. The van der Waals surface area contributed by atoms with Crippen LogP contribution < -0.4 is 4.80 Å². The molecule has 1 heterocycles. The van der Waals surface area contributed by atoms with Gasteiger partial charge in [0.15, 0.2) is 4.80 Å². The molecule has 0 aliphatic heterocycles. The van der Waals surface area contributed by atoms with Gasteiger partial charge in [0.25, 0.3) is 0 Å². The number of esters is 1. The Morgan fingerprint density at radius 1 is 1.18 bits per heavy atom. The van der Waals surface area contributed by atoms with Crippen LogP contribution in [0.2, 0.25) is 0 Å². The maximum absolute atomic E-state index is 12.4. The van der Waals surface area contributed by atoms with Gasteiger partial charge < -0.3 is 9.30 Å². The number of benzene rings is 2. The number of hydrogen-bond acceptors (Lipinski definition) is 5. The number of aryl methyl sites for hydroxylation is 2. The number of rotatable bonds is 6. The zero-order valence-corrected chi connectivity index (χ0v) is 17.7. The van der Waals surface area contributed by atoms with Gasteiger partial charge in [-0.25, -0.2) is 0 Å². The molecule has 0 atom stereocenters. The first kappa shape index (κ1) is 20.4. The summed E-state index contributed by atoms with van der Waals surface area (Å²) in [5.74, 6) is 0.0993. The summed E-state index contributed by atoms with van der Waals surface area (Å²) in [4.78, 5) is 30.3. The maximum atomic E-state index is 12.4. The summed E-state index contributed by atoms with van der Waals surface area (Å²) < 4.78 is 7.62. The number of aromatic nitrogens is 1. The Morgan fingerprint density at radius 2 is 1.93 bits per heavy atom. The van der Waals surface area contributed by atoms with Gasteiger partial charge in [-0.1, -0.05) is 35.6 Å². The van der Waals surface area contributed by atoms with Gasteiger partial charge in [-0.2, -0.15) is 4.99 Å². The first-order valence-corrected chi connectivity index (χ1v) is 10.7. The summed E-state index contributed by atoms with van der Waals surface area (Å²) >= 11 is 3.06. The van der Waals surface area contributed by atoms with Crippen molar-refractivity contribution >= 4 is 45.2 Å². The Labute approximate surface area is 172 Å². The highest BCUT2D eigenvalue weighted by Gasteiger charge is 2.13. The van der Waals surface area contributed by atoms with Gasteiger partial charge in [-0.05, 0) is 43.2 Å². The van der Waals surface area contributed by atoms with Crippen molar-refractivity contribution in [1.82, 2.24) is 4.57 Å². The maximum Gasteiger partial charge on any atom is 0.325 e. The monoisotopic (exact) mass is 414 g/mol. The average molecular weight is 415 g/mol. The highest BCUT2D eigenvalue weighted by molar-refractivity contribution is 7.99. The number of fused-ring (bicyclic) bond motifs is 1. The molecule has 0 aliphatic carbocycles. The van der Waals surface area contributed by atoms with E-state index in [0.29, 0.717) is 17.0 Å². The molecule has 0 saturated heterocycles. The van der Waals surface area contributed by atoms with Gasteiger partial charge >= 0.3 is 5.97 Å². The van der Waals surface area contributed by atoms with Gasteiger partial charge in [-0.3, -0.25) is 9.59 Å². The van der Waals surface area contributed by atoms with Gasteiger partial charge in [-0.15, -0.1) is 11.8 Å². The number of thioether (sulfide) groups is 1. The van der Waals surface area contributed by atoms with E-state index in [4.69, 9.17) is 4.74 Å². The summed E-state index contributed by atoms with van der Waals surface area (Å²) in [5, 5.41) is 0. The van der Waals surface area contributed by atoms with Crippen LogP contribution in [0.1, 0.15) is 17.5 Å². The Kier molecular flexibility index (Phi) is 6.70. The summed E-state index contributed by atoms with van der Waals surface area (Å²) in [6.07, 6.45) is 0.337. The highest BCUT2D eigenvalue weighted by Crippen LogP contribution is 2.23. The van der Waals surface area contributed by atoms with Crippen LogP contribution in [0.25, 0.3) is 10.2 Å². The molecule has 146 valence electrons. The lowest BCUT2D eigenvalue weighted by Crippen LogP contribution is -2.22. The molecule has 1 aromatic heterocycles. The van der Waals surface area contributed by atoms with Crippen molar-refractivity contribution in [3.8, 4) is 0 Å². The van der Waals surface area contributed by atoms with Crippen LogP contribution in [0.4, 0.5) is 0 Å². The minimum Gasteiger partial charge on any atom is -0.468 e. The van der Waals surface area contributed by atoms with Gasteiger partial charge in [0, 0.05) is 17.1 Å². The number of ether oxygens (including phenoxy) is 1. The van der Waals surface area contributed by atoms with Crippen LogP contribution in [0.5, 0.6) is 0 Å².